The van der Waals surface area contributed by atoms with Gasteiger partial charge in [-0.2, -0.15) is 0 Å². The van der Waals surface area contributed by atoms with Crippen molar-refractivity contribution in [2.24, 2.45) is 0 Å². The molecular formula is C16H27N4O2S+. The van der Waals surface area contributed by atoms with E-state index in [9.17, 15) is 4.79 Å². The minimum Gasteiger partial charge on any atom is -0.364 e. The van der Waals surface area contributed by atoms with Crippen LogP contribution < -0.4 is 10.2 Å². The molecule has 0 radical (unpaired) electrons. The predicted octanol–water partition coefficient (Wildman–Crippen LogP) is 1.22. The van der Waals surface area contributed by atoms with Crippen molar-refractivity contribution in [3.63, 3.8) is 0 Å². The number of quaternary nitrogens is 1. The van der Waals surface area contributed by atoms with E-state index in [0.717, 1.165) is 18.1 Å². The van der Waals surface area contributed by atoms with Crippen LogP contribution in [0.4, 0.5) is 5.13 Å². The molecule has 2 fully saturated rings. The molecule has 1 aromatic heterocycles. The standard InChI is InChI=1S/C16H26N4O2S/c1-11-8-20(9-12(2)22-11)10-14(21)17-16-19-18-15(23-16)13-6-4-3-5-7-13/h11-13H,3-10H2,1-2H3,(H,17,19,21)/p+1/t11-,12-/m0/s1. The van der Waals surface area contributed by atoms with Crippen LogP contribution in [0.2, 0.25) is 0 Å². The second-order valence-electron chi connectivity index (χ2n) is 6.92. The molecule has 1 aliphatic carbocycles. The van der Waals surface area contributed by atoms with Crippen LogP contribution in [0, 0.1) is 0 Å². The third kappa shape index (κ3) is 4.71. The first kappa shape index (κ1) is 16.8. The summed E-state index contributed by atoms with van der Waals surface area (Å²) in [5.41, 5.74) is 0. The Bertz CT molecular complexity index is 520. The van der Waals surface area contributed by atoms with Crippen molar-refractivity contribution in [3.8, 4) is 0 Å². The summed E-state index contributed by atoms with van der Waals surface area (Å²) in [6.07, 6.45) is 6.72. The first-order chi connectivity index (χ1) is 11.1. The molecule has 0 bridgehead atoms. The summed E-state index contributed by atoms with van der Waals surface area (Å²) in [6.45, 7) is 6.35. The molecule has 1 aromatic rings. The number of carbonyl (C=O) groups is 1. The van der Waals surface area contributed by atoms with Gasteiger partial charge in [0.2, 0.25) is 5.13 Å². The summed E-state index contributed by atoms with van der Waals surface area (Å²) < 4.78 is 5.71. The molecule has 7 heteroatoms. The number of nitrogens with one attached hydrogen (secondary N) is 2. The SMILES string of the molecule is C[C@H]1C[NH+](CC(=O)Nc2nnc(C3CCCCC3)s2)C[C@H](C)O1. The molecule has 128 valence electrons. The van der Waals surface area contributed by atoms with Gasteiger partial charge in [0.1, 0.15) is 30.3 Å². The number of nitrogens with zero attached hydrogens (tertiary/aromatic N) is 2. The van der Waals surface area contributed by atoms with Gasteiger partial charge in [-0.1, -0.05) is 30.6 Å². The highest BCUT2D eigenvalue weighted by Crippen LogP contribution is 2.35. The van der Waals surface area contributed by atoms with Crippen molar-refractivity contribution in [2.45, 2.75) is 64.1 Å². The topological polar surface area (TPSA) is 68.5 Å². The van der Waals surface area contributed by atoms with Crippen LogP contribution in [-0.4, -0.2) is 47.9 Å². The maximum Gasteiger partial charge on any atom is 0.281 e. The van der Waals surface area contributed by atoms with Gasteiger partial charge < -0.3 is 9.64 Å². The zero-order valence-corrected chi connectivity index (χ0v) is 14.8. The lowest BCUT2D eigenvalue weighted by molar-refractivity contribution is -0.907. The summed E-state index contributed by atoms with van der Waals surface area (Å²) in [6, 6.07) is 0. The Morgan fingerprint density at radius 3 is 2.61 bits per heavy atom. The molecular weight excluding hydrogens is 312 g/mol. The maximum absolute atomic E-state index is 12.2. The number of anilines is 1. The van der Waals surface area contributed by atoms with E-state index in [1.807, 2.05) is 0 Å². The highest BCUT2D eigenvalue weighted by Gasteiger charge is 2.27. The van der Waals surface area contributed by atoms with Gasteiger partial charge in [-0.3, -0.25) is 10.1 Å². The van der Waals surface area contributed by atoms with Gasteiger partial charge in [0, 0.05) is 5.92 Å². The summed E-state index contributed by atoms with van der Waals surface area (Å²) in [5, 5.41) is 13.1. The van der Waals surface area contributed by atoms with Crippen LogP contribution in [0.5, 0.6) is 0 Å². The number of hydrogen-bond acceptors (Lipinski definition) is 5. The number of morpholine rings is 1. The van der Waals surface area contributed by atoms with E-state index < -0.39 is 0 Å². The monoisotopic (exact) mass is 339 g/mol. The summed E-state index contributed by atoms with van der Waals surface area (Å²) >= 11 is 1.54. The molecule has 2 N–H and O–H groups in total. The number of ether oxygens (including phenoxy) is 1. The molecule has 2 atom stereocenters. The Morgan fingerprint density at radius 2 is 1.91 bits per heavy atom. The average molecular weight is 339 g/mol. The number of hydrogen-bond donors (Lipinski definition) is 2. The van der Waals surface area contributed by atoms with E-state index in [2.05, 4.69) is 29.4 Å². The lowest BCUT2D eigenvalue weighted by Gasteiger charge is -2.31. The number of carbonyl (C=O) groups excluding carboxylic acids is 1. The Morgan fingerprint density at radius 1 is 1.22 bits per heavy atom. The van der Waals surface area contributed by atoms with Crippen LogP contribution in [0.3, 0.4) is 0 Å². The van der Waals surface area contributed by atoms with Crippen molar-refractivity contribution in [3.05, 3.63) is 5.01 Å². The van der Waals surface area contributed by atoms with Gasteiger partial charge in [-0.25, -0.2) is 0 Å². The molecule has 1 aliphatic heterocycles. The van der Waals surface area contributed by atoms with E-state index in [4.69, 9.17) is 4.74 Å². The second kappa shape index (κ2) is 7.68. The van der Waals surface area contributed by atoms with Gasteiger partial charge >= 0.3 is 0 Å². The van der Waals surface area contributed by atoms with Crippen LogP contribution >= 0.6 is 11.3 Å². The second-order valence-corrected chi connectivity index (χ2v) is 7.93. The Balaban J connectivity index is 1.50. The van der Waals surface area contributed by atoms with Crippen molar-refractivity contribution >= 4 is 22.4 Å². The fourth-order valence-electron chi connectivity index (χ4n) is 3.72. The van der Waals surface area contributed by atoms with Crippen LogP contribution in [0.25, 0.3) is 0 Å². The van der Waals surface area contributed by atoms with Gasteiger partial charge in [0.05, 0.1) is 0 Å². The van der Waals surface area contributed by atoms with Gasteiger partial charge in [-0.15, -0.1) is 10.2 Å². The van der Waals surface area contributed by atoms with Gasteiger partial charge in [0.15, 0.2) is 6.54 Å². The molecule has 6 nitrogen and oxygen atoms in total. The maximum atomic E-state index is 12.2. The largest absolute Gasteiger partial charge is 0.364 e. The normalized spacial score (nSPS) is 29.4. The molecule has 0 spiro atoms. The van der Waals surface area contributed by atoms with Crippen molar-refractivity contribution in [2.75, 3.05) is 25.0 Å². The Labute approximate surface area is 141 Å². The van der Waals surface area contributed by atoms with E-state index in [-0.39, 0.29) is 18.1 Å². The molecule has 2 aliphatic rings. The minimum atomic E-state index is 0.0210. The first-order valence-corrected chi connectivity index (χ1v) is 9.54. The molecule has 0 unspecified atom stereocenters. The average Bonchev–Trinajstić information content (AvgIpc) is 2.95. The zero-order valence-electron chi connectivity index (χ0n) is 14.0. The van der Waals surface area contributed by atoms with E-state index in [1.54, 1.807) is 11.3 Å². The van der Waals surface area contributed by atoms with E-state index in [0.29, 0.717) is 17.6 Å². The Kier molecular flexibility index (Phi) is 5.61. The van der Waals surface area contributed by atoms with Crippen LogP contribution in [-0.2, 0) is 9.53 Å². The molecule has 1 saturated carbocycles. The molecule has 3 rings (SSSR count). The number of aromatic nitrogens is 2. The number of rotatable bonds is 4. The first-order valence-electron chi connectivity index (χ1n) is 8.72. The lowest BCUT2D eigenvalue weighted by atomic mass is 9.90. The van der Waals surface area contributed by atoms with Crippen molar-refractivity contribution in [1.82, 2.24) is 10.2 Å². The van der Waals surface area contributed by atoms with Crippen molar-refractivity contribution in [1.29, 1.82) is 0 Å². The molecule has 1 saturated heterocycles. The molecule has 2 heterocycles. The molecule has 0 aromatic carbocycles. The molecule has 23 heavy (non-hydrogen) atoms. The predicted molar refractivity (Wildman–Crippen MR) is 89.9 cm³/mol. The van der Waals surface area contributed by atoms with Gasteiger partial charge in [0.25, 0.3) is 5.91 Å². The Hall–Kier alpha value is -1.05. The highest BCUT2D eigenvalue weighted by atomic mass is 32.1. The van der Waals surface area contributed by atoms with E-state index in [1.165, 1.54) is 37.0 Å². The van der Waals surface area contributed by atoms with Gasteiger partial charge in [-0.05, 0) is 26.7 Å². The lowest BCUT2D eigenvalue weighted by Crippen LogP contribution is -3.16. The smallest absolute Gasteiger partial charge is 0.281 e. The third-order valence-electron chi connectivity index (χ3n) is 4.67. The zero-order chi connectivity index (χ0) is 16.2. The summed E-state index contributed by atoms with van der Waals surface area (Å²) in [5.74, 6) is 0.561. The highest BCUT2D eigenvalue weighted by molar-refractivity contribution is 7.15. The molecule has 1 amide bonds. The summed E-state index contributed by atoms with van der Waals surface area (Å²) in [4.78, 5) is 13.5. The minimum absolute atomic E-state index is 0.0210. The fourth-order valence-corrected chi connectivity index (χ4v) is 4.65. The van der Waals surface area contributed by atoms with E-state index >= 15 is 0 Å². The quantitative estimate of drug-likeness (QED) is 0.865. The third-order valence-corrected chi connectivity index (χ3v) is 5.67. The summed E-state index contributed by atoms with van der Waals surface area (Å²) in [7, 11) is 0. The van der Waals surface area contributed by atoms with Crippen LogP contribution in [0.15, 0.2) is 0 Å². The number of amides is 1. The van der Waals surface area contributed by atoms with Crippen molar-refractivity contribution < 1.29 is 14.4 Å². The van der Waals surface area contributed by atoms with Crippen LogP contribution in [0.1, 0.15) is 56.9 Å². The fraction of sp³-hybridized carbons (Fsp3) is 0.812.